The van der Waals surface area contributed by atoms with Gasteiger partial charge in [0.15, 0.2) is 5.78 Å². The van der Waals surface area contributed by atoms with E-state index >= 15 is 0 Å². The van der Waals surface area contributed by atoms with Crippen molar-refractivity contribution in [3.63, 3.8) is 0 Å². The molecule has 0 heterocycles. The van der Waals surface area contributed by atoms with Crippen molar-refractivity contribution >= 4 is 11.8 Å². The van der Waals surface area contributed by atoms with E-state index in [4.69, 9.17) is 4.74 Å². The van der Waals surface area contributed by atoms with E-state index in [1.54, 1.807) is 13.0 Å². The Morgan fingerprint density at radius 1 is 1.35 bits per heavy atom. The Balaban J connectivity index is 3.14. The highest BCUT2D eigenvalue weighted by Gasteiger charge is 2.32. The quantitative estimate of drug-likeness (QED) is 0.582. The average molecular weight is 276 g/mol. The molecule has 20 heavy (non-hydrogen) atoms. The first kappa shape index (κ1) is 16.4. The SMILES string of the molecule is C=C1CC(C)(C)CC(=O)/C1=C/C(C(=O)OCC)=C(C)C. The van der Waals surface area contributed by atoms with E-state index in [2.05, 4.69) is 20.4 Å². The summed E-state index contributed by atoms with van der Waals surface area (Å²) in [4.78, 5) is 24.2. The van der Waals surface area contributed by atoms with E-state index in [1.165, 1.54) is 0 Å². The third-order valence-electron chi connectivity index (χ3n) is 3.34. The van der Waals surface area contributed by atoms with Gasteiger partial charge in [0.25, 0.3) is 0 Å². The number of ether oxygens (including phenoxy) is 1. The summed E-state index contributed by atoms with van der Waals surface area (Å²) in [5.74, 6) is -0.334. The molecule has 0 bridgehead atoms. The summed E-state index contributed by atoms with van der Waals surface area (Å²) >= 11 is 0. The van der Waals surface area contributed by atoms with Crippen LogP contribution in [0.4, 0.5) is 0 Å². The minimum absolute atomic E-state index is 0.0503. The maximum atomic E-state index is 12.3. The summed E-state index contributed by atoms with van der Waals surface area (Å²) < 4.78 is 5.04. The largest absolute Gasteiger partial charge is 0.462 e. The molecule has 0 amide bonds. The number of esters is 1. The molecule has 0 aromatic rings. The lowest BCUT2D eigenvalue weighted by molar-refractivity contribution is -0.138. The smallest absolute Gasteiger partial charge is 0.338 e. The maximum absolute atomic E-state index is 12.3. The van der Waals surface area contributed by atoms with Crippen LogP contribution < -0.4 is 0 Å². The van der Waals surface area contributed by atoms with Gasteiger partial charge in [-0.2, -0.15) is 0 Å². The van der Waals surface area contributed by atoms with Crippen molar-refractivity contribution in [2.75, 3.05) is 6.61 Å². The summed E-state index contributed by atoms with van der Waals surface area (Å²) in [7, 11) is 0. The lowest BCUT2D eigenvalue weighted by Crippen LogP contribution is -2.26. The first-order valence-electron chi connectivity index (χ1n) is 6.95. The zero-order chi connectivity index (χ0) is 15.5. The fraction of sp³-hybridized carbons (Fsp3) is 0.529. The molecule has 0 spiro atoms. The molecule has 3 heteroatoms. The van der Waals surface area contributed by atoms with E-state index in [1.807, 2.05) is 13.8 Å². The van der Waals surface area contributed by atoms with Gasteiger partial charge in [-0.3, -0.25) is 4.79 Å². The summed E-state index contributed by atoms with van der Waals surface area (Å²) in [5.41, 5.74) is 2.60. The van der Waals surface area contributed by atoms with Gasteiger partial charge >= 0.3 is 5.97 Å². The number of hydrogen-bond donors (Lipinski definition) is 0. The molecule has 0 N–H and O–H groups in total. The molecule has 0 saturated heterocycles. The standard InChI is InChI=1S/C17H24O3/c1-7-20-16(19)13(11(2)3)8-14-12(4)9-17(5,6)10-15(14)18/h8H,4,7,9-10H2,1-3,5-6H3/b14-8+. The van der Waals surface area contributed by atoms with Crippen molar-refractivity contribution in [3.05, 3.63) is 34.9 Å². The number of Topliss-reactive ketones (excluding diaryl/α,β-unsaturated/α-hetero) is 1. The zero-order valence-electron chi connectivity index (χ0n) is 13.1. The highest BCUT2D eigenvalue weighted by Crippen LogP contribution is 2.38. The third-order valence-corrected chi connectivity index (χ3v) is 3.34. The van der Waals surface area contributed by atoms with Crippen molar-refractivity contribution in [3.8, 4) is 0 Å². The topological polar surface area (TPSA) is 43.4 Å². The molecular formula is C17H24O3. The summed E-state index contributed by atoms with van der Waals surface area (Å²) in [6, 6.07) is 0. The molecular weight excluding hydrogens is 252 g/mol. The van der Waals surface area contributed by atoms with Crippen molar-refractivity contribution in [2.45, 2.75) is 47.5 Å². The van der Waals surface area contributed by atoms with Gasteiger partial charge in [0.2, 0.25) is 0 Å². The lowest BCUT2D eigenvalue weighted by atomic mass is 9.72. The van der Waals surface area contributed by atoms with Crippen molar-refractivity contribution in [1.82, 2.24) is 0 Å². The normalized spacial score (nSPS) is 19.9. The Morgan fingerprint density at radius 2 is 1.95 bits per heavy atom. The average Bonchev–Trinajstić information content (AvgIpc) is 2.25. The minimum atomic E-state index is -0.384. The van der Waals surface area contributed by atoms with Crippen LogP contribution in [0.1, 0.15) is 47.5 Å². The number of ketones is 1. The molecule has 0 aliphatic heterocycles. The molecule has 1 rings (SSSR count). The van der Waals surface area contributed by atoms with E-state index in [0.29, 0.717) is 24.2 Å². The van der Waals surface area contributed by atoms with Crippen LogP contribution in [0, 0.1) is 5.41 Å². The van der Waals surface area contributed by atoms with Gasteiger partial charge in [-0.05, 0) is 44.3 Å². The van der Waals surface area contributed by atoms with Gasteiger partial charge in [-0.25, -0.2) is 4.79 Å². The molecule has 1 aliphatic rings. The van der Waals surface area contributed by atoms with Crippen LogP contribution in [0.5, 0.6) is 0 Å². The number of rotatable bonds is 3. The number of hydrogen-bond acceptors (Lipinski definition) is 3. The van der Waals surface area contributed by atoms with Gasteiger partial charge in [0.1, 0.15) is 0 Å². The molecule has 0 aromatic heterocycles. The molecule has 3 nitrogen and oxygen atoms in total. The fourth-order valence-corrected chi connectivity index (χ4v) is 2.41. The first-order chi connectivity index (χ1) is 9.18. The summed E-state index contributed by atoms with van der Waals surface area (Å²) in [6.45, 7) is 13.9. The highest BCUT2D eigenvalue weighted by molar-refractivity contribution is 6.04. The van der Waals surface area contributed by atoms with Gasteiger partial charge in [-0.1, -0.05) is 26.0 Å². The number of allylic oxidation sites excluding steroid dienone is 3. The molecule has 0 atom stereocenters. The Labute approximate surface area is 121 Å². The van der Waals surface area contributed by atoms with E-state index in [0.717, 1.165) is 17.6 Å². The van der Waals surface area contributed by atoms with Crippen LogP contribution in [0.25, 0.3) is 0 Å². The Morgan fingerprint density at radius 3 is 2.40 bits per heavy atom. The Kier molecular flexibility index (Phi) is 5.09. The molecule has 0 radical (unpaired) electrons. The van der Waals surface area contributed by atoms with Crippen molar-refractivity contribution in [1.29, 1.82) is 0 Å². The second-order valence-corrected chi connectivity index (χ2v) is 6.24. The van der Waals surface area contributed by atoms with Crippen LogP contribution >= 0.6 is 0 Å². The van der Waals surface area contributed by atoms with Gasteiger partial charge in [-0.15, -0.1) is 0 Å². The molecule has 1 saturated carbocycles. The number of carbonyl (C=O) groups excluding carboxylic acids is 2. The summed E-state index contributed by atoms with van der Waals surface area (Å²) in [5, 5.41) is 0. The second kappa shape index (κ2) is 6.21. The van der Waals surface area contributed by atoms with Crippen LogP contribution in [0.3, 0.4) is 0 Å². The van der Waals surface area contributed by atoms with E-state index < -0.39 is 0 Å². The maximum Gasteiger partial charge on any atom is 0.338 e. The second-order valence-electron chi connectivity index (χ2n) is 6.24. The molecule has 1 fully saturated rings. The van der Waals surface area contributed by atoms with Crippen LogP contribution in [0.15, 0.2) is 34.9 Å². The van der Waals surface area contributed by atoms with E-state index in [-0.39, 0.29) is 17.2 Å². The van der Waals surface area contributed by atoms with Crippen molar-refractivity contribution in [2.24, 2.45) is 5.41 Å². The Hall–Kier alpha value is -1.64. The zero-order valence-corrected chi connectivity index (χ0v) is 13.1. The van der Waals surface area contributed by atoms with E-state index in [9.17, 15) is 9.59 Å². The van der Waals surface area contributed by atoms with Gasteiger partial charge < -0.3 is 4.74 Å². The predicted molar refractivity (Wildman–Crippen MR) is 80.3 cm³/mol. The highest BCUT2D eigenvalue weighted by atomic mass is 16.5. The fourth-order valence-electron chi connectivity index (χ4n) is 2.41. The van der Waals surface area contributed by atoms with Crippen LogP contribution in [-0.4, -0.2) is 18.4 Å². The lowest BCUT2D eigenvalue weighted by Gasteiger charge is -2.31. The minimum Gasteiger partial charge on any atom is -0.462 e. The molecule has 0 unspecified atom stereocenters. The first-order valence-corrected chi connectivity index (χ1v) is 6.95. The number of carbonyl (C=O) groups is 2. The van der Waals surface area contributed by atoms with Crippen molar-refractivity contribution < 1.29 is 14.3 Å². The summed E-state index contributed by atoms with van der Waals surface area (Å²) in [6.07, 6.45) is 2.90. The third kappa shape index (κ3) is 3.92. The van der Waals surface area contributed by atoms with Gasteiger partial charge in [0, 0.05) is 12.0 Å². The van der Waals surface area contributed by atoms with Gasteiger partial charge in [0.05, 0.1) is 12.2 Å². The molecule has 1 aliphatic carbocycles. The molecule has 0 aromatic carbocycles. The predicted octanol–water partition coefficient (Wildman–Crippen LogP) is 3.76. The van der Waals surface area contributed by atoms with Crippen LogP contribution in [0.2, 0.25) is 0 Å². The Bertz CT molecular complexity index is 478. The molecule has 110 valence electrons. The monoisotopic (exact) mass is 276 g/mol. The van der Waals surface area contributed by atoms with Crippen LogP contribution in [-0.2, 0) is 14.3 Å².